The molecule has 0 atom stereocenters. The Morgan fingerprint density at radius 2 is 1.70 bits per heavy atom. The first-order valence-electron chi connectivity index (χ1n) is 12.0. The predicted octanol–water partition coefficient (Wildman–Crippen LogP) is 2.68. The summed E-state index contributed by atoms with van der Waals surface area (Å²) in [4.78, 5) is 15.0. The number of aliphatic carboxylic acids is 1. The normalized spacial score (nSPS) is 11.4. The minimum Gasteiger partial charge on any atom is -1.00 e. The van der Waals surface area contributed by atoms with Crippen LogP contribution < -0.4 is 39.0 Å². The zero-order chi connectivity index (χ0) is 27.7. The molecule has 2 aromatic heterocycles. The number of carboxylic acid groups (broad SMARTS) is 1. The monoisotopic (exact) mass is 566 g/mol. The topological polar surface area (TPSA) is 112 Å². The van der Waals surface area contributed by atoms with E-state index in [0.29, 0.717) is 22.9 Å². The number of oxazole rings is 1. The number of nitrogens with zero attached hydrogens (tertiary/aromatic N) is 4. The summed E-state index contributed by atoms with van der Waals surface area (Å²) in [6.45, 7) is 0.0176. The number of aryl methyl sites for hydroxylation is 2. The van der Waals surface area contributed by atoms with Crippen LogP contribution in [0.25, 0.3) is 12.2 Å². The van der Waals surface area contributed by atoms with Crippen molar-refractivity contribution in [1.29, 1.82) is 0 Å². The number of benzene rings is 2. The van der Waals surface area contributed by atoms with Crippen LogP contribution in [0.15, 0.2) is 65.4 Å². The molecule has 9 nitrogen and oxygen atoms in total. The number of ether oxygens (including phenoxy) is 2. The summed E-state index contributed by atoms with van der Waals surface area (Å²) in [5.41, 5.74) is 3.20. The molecule has 4 aromatic rings. The van der Waals surface area contributed by atoms with Crippen LogP contribution in [0, 0.1) is 0 Å². The van der Waals surface area contributed by atoms with Crippen molar-refractivity contribution in [2.24, 2.45) is 0 Å². The second-order valence-corrected chi connectivity index (χ2v) is 8.57. The van der Waals surface area contributed by atoms with Gasteiger partial charge in [0.2, 0.25) is 5.89 Å². The fourth-order valence-electron chi connectivity index (χ4n) is 3.63. The minimum absolute atomic E-state index is 0. The molecule has 2 heterocycles. The van der Waals surface area contributed by atoms with Crippen LogP contribution in [-0.2, 0) is 30.8 Å². The molecular weight excluding hydrogens is 540 g/mol. The van der Waals surface area contributed by atoms with E-state index in [2.05, 4.69) is 20.0 Å². The third kappa shape index (κ3) is 10.5. The van der Waals surface area contributed by atoms with Crippen LogP contribution in [0.3, 0.4) is 0 Å². The maximum absolute atomic E-state index is 12.3. The average molecular weight is 567 g/mol. The van der Waals surface area contributed by atoms with Crippen molar-refractivity contribution in [1.82, 2.24) is 20.0 Å². The van der Waals surface area contributed by atoms with Crippen molar-refractivity contribution in [2.75, 3.05) is 0 Å². The third-order valence-electron chi connectivity index (χ3n) is 5.44. The van der Waals surface area contributed by atoms with E-state index < -0.39 is 12.3 Å². The molecule has 0 fully saturated rings. The molecule has 0 saturated heterocycles. The Morgan fingerprint density at radius 1 is 1.00 bits per heavy atom. The number of carbonyl (C=O) groups is 1. The van der Waals surface area contributed by atoms with Gasteiger partial charge in [-0.3, -0.25) is 4.79 Å². The van der Waals surface area contributed by atoms with Gasteiger partial charge in [0.05, 0.1) is 5.69 Å². The van der Waals surface area contributed by atoms with Crippen molar-refractivity contribution in [3.63, 3.8) is 0 Å². The molecule has 0 bridgehead atoms. The predicted molar refractivity (Wildman–Crippen MR) is 135 cm³/mol. The molecular formula is C27H26F3N4NaO5. The zero-order valence-electron chi connectivity index (χ0n) is 22.7. The van der Waals surface area contributed by atoms with E-state index in [-0.39, 0.29) is 49.9 Å². The molecule has 1 N–H and O–H groups in total. The van der Waals surface area contributed by atoms with Crippen LogP contribution in [0.5, 0.6) is 11.5 Å². The minimum atomic E-state index is -4.73. The van der Waals surface area contributed by atoms with Crippen molar-refractivity contribution < 1.29 is 67.9 Å². The maximum Gasteiger partial charge on any atom is 1.00 e. The molecule has 206 valence electrons. The van der Waals surface area contributed by atoms with E-state index in [0.717, 1.165) is 31.4 Å². The van der Waals surface area contributed by atoms with Crippen LogP contribution in [-0.4, -0.2) is 37.4 Å². The first-order valence-corrected chi connectivity index (χ1v) is 12.0. The van der Waals surface area contributed by atoms with Gasteiger partial charge in [-0.25, -0.2) is 9.67 Å². The fourth-order valence-corrected chi connectivity index (χ4v) is 3.63. The Bertz CT molecular complexity index is 1390. The van der Waals surface area contributed by atoms with Gasteiger partial charge in [0.1, 0.15) is 36.6 Å². The second kappa shape index (κ2) is 14.7. The largest absolute Gasteiger partial charge is 1.00 e. The van der Waals surface area contributed by atoms with Crippen molar-refractivity contribution >= 4 is 18.1 Å². The number of alkyl halides is 3. The molecule has 0 unspecified atom stereocenters. The van der Waals surface area contributed by atoms with E-state index in [1.807, 2.05) is 24.3 Å². The van der Waals surface area contributed by atoms with Crippen LogP contribution in [0.2, 0.25) is 0 Å². The van der Waals surface area contributed by atoms with Gasteiger partial charge in [0, 0.05) is 12.3 Å². The van der Waals surface area contributed by atoms with Crippen LogP contribution >= 0.6 is 0 Å². The molecule has 40 heavy (non-hydrogen) atoms. The molecule has 0 aliphatic heterocycles. The van der Waals surface area contributed by atoms with E-state index in [1.165, 1.54) is 40.8 Å². The van der Waals surface area contributed by atoms with Gasteiger partial charge >= 0.3 is 41.9 Å². The summed E-state index contributed by atoms with van der Waals surface area (Å²) in [5.74, 6) is -0.217. The van der Waals surface area contributed by atoms with Crippen molar-refractivity contribution in [2.45, 2.75) is 45.2 Å². The molecule has 0 aliphatic carbocycles. The molecule has 13 heteroatoms. The Morgan fingerprint density at radius 3 is 2.40 bits per heavy atom. The Kier molecular flexibility index (Phi) is 11.4. The Hall–Kier alpha value is -3.61. The fraction of sp³-hybridized carbons (Fsp3) is 0.259. The van der Waals surface area contributed by atoms with Crippen molar-refractivity contribution in [3.8, 4) is 11.5 Å². The smallest absolute Gasteiger partial charge is 1.00 e. The molecule has 0 aliphatic rings. The van der Waals surface area contributed by atoms with Gasteiger partial charge < -0.3 is 20.4 Å². The summed E-state index contributed by atoms with van der Waals surface area (Å²) < 4.78 is 53.1. The first-order chi connectivity index (χ1) is 18.7. The summed E-state index contributed by atoms with van der Waals surface area (Å²) in [6.07, 6.45) is 5.17. The van der Waals surface area contributed by atoms with Gasteiger partial charge in [0.25, 0.3) is 0 Å². The zero-order valence-corrected chi connectivity index (χ0v) is 23.7. The standard InChI is InChI=1S/C27H25F3N4O5.Na.H/c28-27(29,30)39-24-12-7-20(8-13-24)9-14-25-31-22(18-38-25)17-37-23-10-5-19(6-11-23)3-1-2-4-21-15-34(33-32-21)16-26(35)36;;/h5-15,18H,1-4,16-17H2,(H,35,36);;/q;+1;-1/b14-9+;;. The van der Waals surface area contributed by atoms with E-state index >= 15 is 0 Å². The summed E-state index contributed by atoms with van der Waals surface area (Å²) >= 11 is 0. The molecule has 0 radical (unpaired) electrons. The molecule has 0 spiro atoms. The Labute approximate surface area is 251 Å². The summed E-state index contributed by atoms with van der Waals surface area (Å²) in [5, 5.41) is 16.6. The summed E-state index contributed by atoms with van der Waals surface area (Å²) in [7, 11) is 0. The SMILES string of the molecule is O=C(O)Cn1cc(CCCCc2ccc(OCc3coc(/C=C/c4ccc(OC(F)(F)F)cc4)n3)cc2)nn1.[H-].[Na+]. The van der Waals surface area contributed by atoms with E-state index in [1.54, 1.807) is 18.3 Å². The quantitative estimate of drug-likeness (QED) is 0.194. The van der Waals surface area contributed by atoms with Gasteiger partial charge in [-0.15, -0.1) is 18.3 Å². The number of halogens is 3. The van der Waals surface area contributed by atoms with Crippen LogP contribution in [0.4, 0.5) is 13.2 Å². The first kappa shape index (κ1) is 30.9. The number of hydrogen-bond donors (Lipinski definition) is 1. The third-order valence-corrected chi connectivity index (χ3v) is 5.44. The van der Waals surface area contributed by atoms with Gasteiger partial charge in [-0.05, 0) is 67.2 Å². The molecule has 4 rings (SSSR count). The number of hydrogen-bond acceptors (Lipinski definition) is 7. The number of rotatable bonds is 13. The van der Waals surface area contributed by atoms with Gasteiger partial charge in [-0.1, -0.05) is 29.5 Å². The van der Waals surface area contributed by atoms with E-state index in [4.69, 9.17) is 14.3 Å². The van der Waals surface area contributed by atoms with Crippen molar-refractivity contribution in [3.05, 3.63) is 89.4 Å². The average Bonchev–Trinajstić information content (AvgIpc) is 3.54. The Balaban J connectivity index is 0.00000294. The molecule has 0 saturated carbocycles. The molecule has 0 amide bonds. The van der Waals surface area contributed by atoms with Gasteiger partial charge in [-0.2, -0.15) is 0 Å². The maximum atomic E-state index is 12.3. The van der Waals surface area contributed by atoms with Gasteiger partial charge in [0.15, 0.2) is 0 Å². The molecule has 2 aromatic carbocycles. The van der Waals surface area contributed by atoms with Crippen LogP contribution in [0.1, 0.15) is 42.7 Å². The number of unbranched alkanes of at least 4 members (excludes halogenated alkanes) is 1. The van der Waals surface area contributed by atoms with E-state index in [9.17, 15) is 18.0 Å². The number of carboxylic acids is 1. The second-order valence-electron chi connectivity index (χ2n) is 8.57. The summed E-state index contributed by atoms with van der Waals surface area (Å²) in [6, 6.07) is 13.2. The number of aromatic nitrogens is 4.